The number of hydrogen-bond acceptors (Lipinski definition) is 3. The zero-order valence-electron chi connectivity index (χ0n) is 31.3. The number of furan rings is 2. The fourth-order valence-corrected chi connectivity index (χ4v) is 8.99. The molecule has 0 saturated carbocycles. The molecule has 4 heteroatoms. The summed E-state index contributed by atoms with van der Waals surface area (Å²) in [6.07, 6.45) is 0. The summed E-state index contributed by atoms with van der Waals surface area (Å²) in [7, 11) is 0. The van der Waals surface area contributed by atoms with Gasteiger partial charge < -0.3 is 18.3 Å². The van der Waals surface area contributed by atoms with Gasteiger partial charge in [-0.05, 0) is 95.6 Å². The number of aromatic nitrogens is 1. The monoisotopic (exact) mass is 742 g/mol. The molecule has 9 aromatic carbocycles. The third kappa shape index (κ3) is 5.02. The molecule has 12 aromatic rings. The van der Waals surface area contributed by atoms with E-state index >= 15 is 0 Å². The summed E-state index contributed by atoms with van der Waals surface area (Å²) in [5.41, 5.74) is 14.7. The van der Waals surface area contributed by atoms with Gasteiger partial charge in [-0.15, -0.1) is 0 Å². The van der Waals surface area contributed by atoms with Crippen LogP contribution in [0, 0.1) is 0 Å². The van der Waals surface area contributed by atoms with E-state index in [0.29, 0.717) is 0 Å². The maximum atomic E-state index is 6.66. The molecule has 12 rings (SSSR count). The van der Waals surface area contributed by atoms with E-state index in [4.69, 9.17) is 8.83 Å². The fraction of sp³-hybridized carbons (Fsp3) is 0. The van der Waals surface area contributed by atoms with Gasteiger partial charge in [0, 0.05) is 66.7 Å². The molecule has 0 amide bonds. The zero-order chi connectivity index (χ0) is 38.2. The van der Waals surface area contributed by atoms with Gasteiger partial charge in [-0.1, -0.05) is 121 Å². The summed E-state index contributed by atoms with van der Waals surface area (Å²) in [6.45, 7) is 0. The highest BCUT2D eigenvalue weighted by Gasteiger charge is 2.23. The summed E-state index contributed by atoms with van der Waals surface area (Å²) in [4.78, 5) is 2.29. The Morgan fingerprint density at radius 2 is 0.845 bits per heavy atom. The van der Waals surface area contributed by atoms with Crippen LogP contribution >= 0.6 is 0 Å². The van der Waals surface area contributed by atoms with Gasteiger partial charge in [-0.25, -0.2) is 0 Å². The molecule has 0 aliphatic carbocycles. The predicted molar refractivity (Wildman–Crippen MR) is 241 cm³/mol. The first-order chi connectivity index (χ1) is 28.8. The lowest BCUT2D eigenvalue weighted by Crippen LogP contribution is -2.09. The van der Waals surface area contributed by atoms with Crippen molar-refractivity contribution in [1.82, 2.24) is 4.57 Å². The Hall–Kier alpha value is -7.82. The van der Waals surface area contributed by atoms with Gasteiger partial charge >= 0.3 is 0 Å². The highest BCUT2D eigenvalue weighted by Crippen LogP contribution is 2.47. The van der Waals surface area contributed by atoms with Gasteiger partial charge in [0.25, 0.3) is 0 Å². The van der Waals surface area contributed by atoms with Crippen molar-refractivity contribution in [2.24, 2.45) is 0 Å². The number of fused-ring (bicyclic) bond motifs is 9. The molecule has 0 radical (unpaired) electrons. The highest BCUT2D eigenvalue weighted by molar-refractivity contribution is 6.27. The van der Waals surface area contributed by atoms with Crippen LogP contribution in [0.2, 0.25) is 0 Å². The van der Waals surface area contributed by atoms with Crippen LogP contribution in [0.25, 0.3) is 93.6 Å². The molecule has 0 saturated heterocycles. The largest absolute Gasteiger partial charge is 0.456 e. The summed E-state index contributed by atoms with van der Waals surface area (Å²) in [6, 6.07) is 73.0. The molecule has 272 valence electrons. The minimum absolute atomic E-state index is 0.856. The molecule has 0 bridgehead atoms. The molecule has 58 heavy (non-hydrogen) atoms. The number of hydrogen-bond donors (Lipinski definition) is 0. The number of para-hydroxylation sites is 5. The molecule has 3 heterocycles. The molecule has 0 spiro atoms. The molecule has 0 aliphatic rings. The van der Waals surface area contributed by atoms with Gasteiger partial charge in [-0.3, -0.25) is 0 Å². The van der Waals surface area contributed by atoms with Crippen LogP contribution in [-0.4, -0.2) is 4.57 Å². The lowest BCUT2D eigenvalue weighted by molar-refractivity contribution is 0.668. The smallest absolute Gasteiger partial charge is 0.138 e. The van der Waals surface area contributed by atoms with Crippen molar-refractivity contribution in [3.05, 3.63) is 206 Å². The van der Waals surface area contributed by atoms with Crippen molar-refractivity contribution in [3.63, 3.8) is 0 Å². The Labute approximate surface area is 334 Å². The zero-order valence-corrected chi connectivity index (χ0v) is 31.3. The third-order valence-electron chi connectivity index (χ3n) is 11.6. The normalized spacial score (nSPS) is 11.8. The second-order valence-corrected chi connectivity index (χ2v) is 14.9. The first kappa shape index (κ1) is 32.4. The molecule has 0 aliphatic heterocycles. The van der Waals surface area contributed by atoms with Gasteiger partial charge in [0.2, 0.25) is 0 Å². The van der Waals surface area contributed by atoms with Crippen molar-refractivity contribution in [2.75, 3.05) is 4.90 Å². The van der Waals surface area contributed by atoms with Crippen LogP contribution in [0.3, 0.4) is 0 Å². The van der Waals surface area contributed by atoms with E-state index in [1.165, 1.54) is 10.8 Å². The Kier molecular flexibility index (Phi) is 7.20. The quantitative estimate of drug-likeness (QED) is 0.170. The summed E-state index contributed by atoms with van der Waals surface area (Å²) >= 11 is 0. The second-order valence-electron chi connectivity index (χ2n) is 14.9. The second kappa shape index (κ2) is 12.9. The van der Waals surface area contributed by atoms with Crippen molar-refractivity contribution >= 4 is 82.7 Å². The van der Waals surface area contributed by atoms with E-state index in [9.17, 15) is 0 Å². The van der Waals surface area contributed by atoms with Crippen molar-refractivity contribution in [2.45, 2.75) is 0 Å². The van der Waals surface area contributed by atoms with Crippen LogP contribution in [0.15, 0.2) is 215 Å². The van der Waals surface area contributed by atoms with Crippen molar-refractivity contribution in [1.29, 1.82) is 0 Å². The minimum Gasteiger partial charge on any atom is -0.456 e. The third-order valence-corrected chi connectivity index (χ3v) is 11.6. The molecule has 0 atom stereocenters. The number of anilines is 3. The summed E-state index contributed by atoms with van der Waals surface area (Å²) in [5.74, 6) is 0. The van der Waals surface area contributed by atoms with Crippen molar-refractivity contribution in [3.8, 4) is 27.9 Å². The SMILES string of the molecule is c1ccc(N(c2ccccc2)c2ccc(-c3ccc(-n4c5ccccc5c5c(-c6ccc7c(c6)oc6ccccc67)c6c(cc54)oc4ccccc46)cc3)cc2)cc1. The summed E-state index contributed by atoms with van der Waals surface area (Å²) < 4.78 is 15.5. The molecule has 3 aromatic heterocycles. The Balaban J connectivity index is 1.01. The average Bonchev–Trinajstić information content (AvgIpc) is 3.96. The van der Waals surface area contributed by atoms with Crippen LogP contribution < -0.4 is 4.90 Å². The molecule has 0 N–H and O–H groups in total. The van der Waals surface area contributed by atoms with Crippen LogP contribution in [0.5, 0.6) is 0 Å². The van der Waals surface area contributed by atoms with E-state index in [1.54, 1.807) is 0 Å². The van der Waals surface area contributed by atoms with Crippen LogP contribution in [-0.2, 0) is 0 Å². The van der Waals surface area contributed by atoms with E-state index < -0.39 is 0 Å². The number of benzene rings is 9. The van der Waals surface area contributed by atoms with Crippen molar-refractivity contribution < 1.29 is 8.83 Å². The van der Waals surface area contributed by atoms with Gasteiger partial charge in [-0.2, -0.15) is 0 Å². The number of nitrogens with zero attached hydrogens (tertiary/aromatic N) is 2. The van der Waals surface area contributed by atoms with E-state index in [-0.39, 0.29) is 0 Å². The Morgan fingerprint density at radius 3 is 1.55 bits per heavy atom. The predicted octanol–water partition coefficient (Wildman–Crippen LogP) is 15.4. The first-order valence-electron chi connectivity index (χ1n) is 19.7. The first-order valence-corrected chi connectivity index (χ1v) is 19.7. The average molecular weight is 743 g/mol. The maximum absolute atomic E-state index is 6.66. The van der Waals surface area contributed by atoms with Crippen LogP contribution in [0.4, 0.5) is 17.1 Å². The van der Waals surface area contributed by atoms with Gasteiger partial charge in [0.15, 0.2) is 0 Å². The lowest BCUT2D eigenvalue weighted by atomic mass is 9.93. The standard InChI is InChI=1S/C54H34N2O2/c1-3-13-38(14-4-1)55(39-15-5-2-6-16-39)40-28-23-35(24-29-40)36-25-30-41(31-26-36)56-46-20-10-7-18-44(46)53-47(56)34-51-54(45-19-9-12-22-49(45)58-51)52(53)37-27-32-43-42-17-8-11-21-48(42)57-50(43)33-37/h1-34H. The Morgan fingerprint density at radius 1 is 0.328 bits per heavy atom. The molecular weight excluding hydrogens is 709 g/mol. The minimum atomic E-state index is 0.856. The topological polar surface area (TPSA) is 34.5 Å². The molecule has 0 fully saturated rings. The molecule has 4 nitrogen and oxygen atoms in total. The van der Waals surface area contributed by atoms with E-state index in [2.05, 4.69) is 198 Å². The van der Waals surface area contributed by atoms with Crippen LogP contribution in [0.1, 0.15) is 0 Å². The van der Waals surface area contributed by atoms with E-state index in [1.807, 2.05) is 18.2 Å². The van der Waals surface area contributed by atoms with Gasteiger partial charge in [0.05, 0.1) is 11.0 Å². The molecular formula is C54H34N2O2. The van der Waals surface area contributed by atoms with Gasteiger partial charge in [0.1, 0.15) is 22.3 Å². The highest BCUT2D eigenvalue weighted by atomic mass is 16.3. The molecule has 0 unspecified atom stereocenters. The lowest BCUT2D eigenvalue weighted by Gasteiger charge is -2.25. The number of rotatable bonds is 6. The van der Waals surface area contributed by atoms with E-state index in [0.717, 1.165) is 99.9 Å². The summed E-state index contributed by atoms with van der Waals surface area (Å²) in [5, 5.41) is 6.82. The Bertz CT molecular complexity index is 3450. The fourth-order valence-electron chi connectivity index (χ4n) is 8.99. The maximum Gasteiger partial charge on any atom is 0.138 e.